The molecule has 0 heterocycles. The summed E-state index contributed by atoms with van der Waals surface area (Å²) in [6.45, 7) is 14.9. The highest BCUT2D eigenvalue weighted by Gasteiger charge is 2.41. The van der Waals surface area contributed by atoms with E-state index >= 15 is 0 Å². The van der Waals surface area contributed by atoms with Crippen molar-refractivity contribution in [1.29, 1.82) is 0 Å². The number of hydrogen-bond donors (Lipinski definition) is 1. The van der Waals surface area contributed by atoms with Gasteiger partial charge in [0.2, 0.25) is 5.91 Å². The third-order valence-corrected chi connectivity index (χ3v) is 12.2. The van der Waals surface area contributed by atoms with E-state index in [0.29, 0.717) is 17.9 Å². The number of Topliss-reactive ketones (excluding diaryl/α,β-unsaturated/α-hetero) is 2. The summed E-state index contributed by atoms with van der Waals surface area (Å²) in [5, 5.41) is 2.96. The van der Waals surface area contributed by atoms with E-state index in [1.807, 2.05) is 12.1 Å². The third kappa shape index (κ3) is 7.61. The second-order valence-corrected chi connectivity index (χ2v) is 16.8. The number of anilines is 1. The Balaban J connectivity index is 1.90. The number of carbonyl (C=O) groups excluding carboxylic acids is 3. The molecule has 0 aromatic heterocycles. The number of halogens is 1. The van der Waals surface area contributed by atoms with Crippen LogP contribution in [0, 0.1) is 17.7 Å². The van der Waals surface area contributed by atoms with E-state index < -0.39 is 43.6 Å². The minimum atomic E-state index is -1.91. The van der Waals surface area contributed by atoms with Crippen molar-refractivity contribution in [2.75, 3.05) is 5.32 Å². The maximum absolute atomic E-state index is 13.8. The molecule has 0 saturated heterocycles. The number of rotatable bonds is 11. The van der Waals surface area contributed by atoms with Crippen LogP contribution in [0.5, 0.6) is 0 Å². The van der Waals surface area contributed by atoms with Crippen molar-refractivity contribution in [3.05, 3.63) is 101 Å². The molecule has 2 unspecified atom stereocenters. The molecule has 0 saturated carbocycles. The summed E-state index contributed by atoms with van der Waals surface area (Å²) in [4.78, 5) is 41.0. The first-order valence-electron chi connectivity index (χ1n) is 13.6. The van der Waals surface area contributed by atoms with Crippen LogP contribution in [0.3, 0.4) is 0 Å². The average molecular weight is 562 g/mol. The van der Waals surface area contributed by atoms with Crippen LogP contribution in [-0.4, -0.2) is 25.8 Å². The molecule has 212 valence electrons. The molecule has 0 aliphatic carbocycles. The van der Waals surface area contributed by atoms with E-state index in [1.54, 1.807) is 56.3 Å². The predicted octanol–water partition coefficient (Wildman–Crippen LogP) is 7.79. The second-order valence-electron chi connectivity index (χ2n) is 12.0. The fourth-order valence-electron chi connectivity index (χ4n) is 4.14. The molecule has 1 amide bonds. The molecule has 2 atom stereocenters. The zero-order chi connectivity index (χ0) is 29.7. The van der Waals surface area contributed by atoms with Crippen LogP contribution in [0.4, 0.5) is 10.1 Å². The standard InChI is InChI=1S/C33H40FNO4Si/c1-22(2)30(36)29(28(24-11-9-8-10-12-24)31(37)25-15-17-26(34)18-16-25)32(38)35-27-19-13-23(14-20-27)21-39-40(6,7)33(3,4)5/h8-20,22,28-29H,21H2,1-7H3,(H,35,38). The summed E-state index contributed by atoms with van der Waals surface area (Å²) in [6, 6.07) is 21.3. The van der Waals surface area contributed by atoms with Gasteiger partial charge < -0.3 is 9.74 Å². The van der Waals surface area contributed by atoms with E-state index in [9.17, 15) is 18.8 Å². The first-order valence-corrected chi connectivity index (χ1v) is 16.5. The van der Waals surface area contributed by atoms with E-state index in [1.165, 1.54) is 24.3 Å². The number of benzene rings is 3. The van der Waals surface area contributed by atoms with Gasteiger partial charge in [-0.1, -0.05) is 77.1 Å². The van der Waals surface area contributed by atoms with E-state index in [-0.39, 0.29) is 16.4 Å². The third-order valence-electron chi connectivity index (χ3n) is 7.69. The molecule has 0 radical (unpaired) electrons. The van der Waals surface area contributed by atoms with Crippen LogP contribution < -0.4 is 5.32 Å². The highest BCUT2D eigenvalue weighted by Crippen LogP contribution is 2.37. The Morgan fingerprint density at radius 2 is 1.45 bits per heavy atom. The summed E-state index contributed by atoms with van der Waals surface area (Å²) in [6.07, 6.45) is 0. The SMILES string of the molecule is CC(C)C(=O)C(C(=O)Nc1ccc(CO[Si](C)(C)C(C)(C)C)cc1)C(C(=O)c1ccc(F)cc1)c1ccccc1. The normalized spacial score (nSPS) is 13.5. The minimum Gasteiger partial charge on any atom is -0.413 e. The largest absolute Gasteiger partial charge is 0.413 e. The van der Waals surface area contributed by atoms with Crippen molar-refractivity contribution in [1.82, 2.24) is 0 Å². The topological polar surface area (TPSA) is 72.5 Å². The van der Waals surface area contributed by atoms with Gasteiger partial charge in [0.25, 0.3) is 0 Å². The summed E-state index contributed by atoms with van der Waals surface area (Å²) in [5.41, 5.74) is 2.27. The zero-order valence-electron chi connectivity index (χ0n) is 24.5. The Morgan fingerprint density at radius 1 is 0.875 bits per heavy atom. The molecule has 1 N–H and O–H groups in total. The molecule has 0 fully saturated rings. The molecule has 5 nitrogen and oxygen atoms in total. The first kappa shape index (κ1) is 31.1. The van der Waals surface area contributed by atoms with Crippen LogP contribution in [0.2, 0.25) is 18.1 Å². The fraction of sp³-hybridized carbons (Fsp3) is 0.364. The highest BCUT2D eigenvalue weighted by molar-refractivity contribution is 6.74. The van der Waals surface area contributed by atoms with Crippen molar-refractivity contribution < 1.29 is 23.2 Å². The molecule has 0 aliphatic heterocycles. The van der Waals surface area contributed by atoms with Crippen molar-refractivity contribution in [3.63, 3.8) is 0 Å². The summed E-state index contributed by atoms with van der Waals surface area (Å²) in [5.74, 6) is -4.63. The Labute approximate surface area is 238 Å². The molecule has 7 heteroatoms. The number of amides is 1. The lowest BCUT2D eigenvalue weighted by Crippen LogP contribution is -2.40. The van der Waals surface area contributed by atoms with Gasteiger partial charge in [-0.25, -0.2) is 4.39 Å². The molecular formula is C33H40FNO4Si. The Morgan fingerprint density at radius 3 is 1.98 bits per heavy atom. The van der Waals surface area contributed by atoms with E-state index in [2.05, 4.69) is 39.2 Å². The van der Waals surface area contributed by atoms with Crippen molar-refractivity contribution in [2.24, 2.45) is 11.8 Å². The fourth-order valence-corrected chi connectivity index (χ4v) is 5.10. The van der Waals surface area contributed by atoms with Gasteiger partial charge in [0.15, 0.2) is 14.1 Å². The molecule has 0 spiro atoms. The number of nitrogens with one attached hydrogen (secondary N) is 1. The summed E-state index contributed by atoms with van der Waals surface area (Å²) >= 11 is 0. The molecule has 3 aromatic carbocycles. The minimum absolute atomic E-state index is 0.0967. The highest BCUT2D eigenvalue weighted by atomic mass is 28.4. The molecule has 0 aliphatic rings. The second kappa shape index (κ2) is 12.8. The lowest BCUT2D eigenvalue weighted by atomic mass is 9.75. The van der Waals surface area contributed by atoms with Crippen molar-refractivity contribution in [3.8, 4) is 0 Å². The van der Waals surface area contributed by atoms with E-state index in [4.69, 9.17) is 4.43 Å². The maximum Gasteiger partial charge on any atom is 0.236 e. The summed E-state index contributed by atoms with van der Waals surface area (Å²) < 4.78 is 19.9. The smallest absolute Gasteiger partial charge is 0.236 e. The lowest BCUT2D eigenvalue weighted by molar-refractivity contribution is -0.133. The molecule has 40 heavy (non-hydrogen) atoms. The zero-order valence-corrected chi connectivity index (χ0v) is 25.5. The van der Waals surface area contributed by atoms with Crippen molar-refractivity contribution in [2.45, 2.75) is 65.3 Å². The lowest BCUT2D eigenvalue weighted by Gasteiger charge is -2.36. The van der Waals surface area contributed by atoms with Gasteiger partial charge in [0.05, 0.1) is 12.5 Å². The van der Waals surface area contributed by atoms with Gasteiger partial charge in [-0.05, 0) is 65.7 Å². The quantitative estimate of drug-likeness (QED) is 0.147. The molecular weight excluding hydrogens is 521 g/mol. The van der Waals surface area contributed by atoms with Crippen LogP contribution in [-0.2, 0) is 20.6 Å². The van der Waals surface area contributed by atoms with Gasteiger partial charge in [-0.2, -0.15) is 0 Å². The van der Waals surface area contributed by atoms with Crippen molar-refractivity contribution >= 4 is 31.5 Å². The van der Waals surface area contributed by atoms with Gasteiger partial charge in [0.1, 0.15) is 17.5 Å². The van der Waals surface area contributed by atoms with Gasteiger partial charge in [-0.3, -0.25) is 14.4 Å². The van der Waals surface area contributed by atoms with Crippen LogP contribution >= 0.6 is 0 Å². The Hall–Kier alpha value is -3.42. The van der Waals surface area contributed by atoms with Gasteiger partial charge in [-0.15, -0.1) is 0 Å². The maximum atomic E-state index is 13.8. The van der Waals surface area contributed by atoms with Crippen LogP contribution in [0.25, 0.3) is 0 Å². The van der Waals surface area contributed by atoms with E-state index in [0.717, 1.165) is 5.56 Å². The molecule has 3 aromatic rings. The summed E-state index contributed by atoms with van der Waals surface area (Å²) in [7, 11) is -1.91. The first-order chi connectivity index (χ1) is 18.7. The van der Waals surface area contributed by atoms with Crippen LogP contribution in [0.1, 0.15) is 62.0 Å². The monoisotopic (exact) mass is 561 g/mol. The Kier molecular flexibility index (Phi) is 9.98. The predicted molar refractivity (Wildman–Crippen MR) is 160 cm³/mol. The van der Waals surface area contributed by atoms with Gasteiger partial charge >= 0.3 is 0 Å². The number of carbonyl (C=O) groups is 3. The van der Waals surface area contributed by atoms with Gasteiger partial charge in [0, 0.05) is 17.2 Å². The van der Waals surface area contributed by atoms with Crippen LogP contribution in [0.15, 0.2) is 78.9 Å². The number of hydrogen-bond acceptors (Lipinski definition) is 4. The average Bonchev–Trinajstić information content (AvgIpc) is 2.90. The Bertz CT molecular complexity index is 1310. The molecule has 3 rings (SSSR count). The number of ketones is 2. The molecule has 0 bridgehead atoms.